The summed E-state index contributed by atoms with van der Waals surface area (Å²) in [6.45, 7) is 3.89. The number of ether oxygens (including phenoxy) is 2. The van der Waals surface area contributed by atoms with Crippen molar-refractivity contribution in [3.05, 3.63) is 47.8 Å². The molecule has 0 atom stereocenters. The summed E-state index contributed by atoms with van der Waals surface area (Å²) in [5.74, 6) is 0.0908. The van der Waals surface area contributed by atoms with E-state index < -0.39 is 10.0 Å². The molecule has 0 unspecified atom stereocenters. The molecule has 174 valence electrons. The summed E-state index contributed by atoms with van der Waals surface area (Å²) in [6, 6.07) is 9.29. The monoisotopic (exact) mass is 465 g/mol. The quantitative estimate of drug-likeness (QED) is 0.626. The van der Waals surface area contributed by atoms with E-state index in [1.54, 1.807) is 24.0 Å². The number of carbonyl (C=O) groups is 1. The Kier molecular flexibility index (Phi) is 7.12. The summed E-state index contributed by atoms with van der Waals surface area (Å²) < 4.78 is 49.8. The van der Waals surface area contributed by atoms with Crippen molar-refractivity contribution in [2.24, 2.45) is 0 Å². The lowest BCUT2D eigenvalue weighted by atomic mass is 10.1. The van der Waals surface area contributed by atoms with Gasteiger partial charge in [0.1, 0.15) is 5.82 Å². The van der Waals surface area contributed by atoms with Gasteiger partial charge in [0.2, 0.25) is 10.0 Å². The minimum Gasteiger partial charge on any atom is -0.493 e. The smallest absolute Gasteiger partial charge is 0.256 e. The van der Waals surface area contributed by atoms with Gasteiger partial charge in [-0.3, -0.25) is 9.10 Å². The summed E-state index contributed by atoms with van der Waals surface area (Å²) in [5, 5.41) is 0. The molecule has 1 amide bonds. The second-order valence-electron chi connectivity index (χ2n) is 7.41. The van der Waals surface area contributed by atoms with E-state index in [0.29, 0.717) is 37.7 Å². The van der Waals surface area contributed by atoms with Gasteiger partial charge in [0.05, 0.1) is 31.7 Å². The molecule has 0 spiro atoms. The van der Waals surface area contributed by atoms with Crippen molar-refractivity contribution in [2.45, 2.75) is 6.92 Å². The van der Waals surface area contributed by atoms with E-state index in [1.165, 1.54) is 42.8 Å². The number of sulfonamides is 1. The van der Waals surface area contributed by atoms with Crippen LogP contribution in [0.5, 0.6) is 11.5 Å². The van der Waals surface area contributed by atoms with Gasteiger partial charge in [-0.2, -0.15) is 0 Å². The number of methoxy groups -OCH3 is 2. The minimum absolute atomic E-state index is 0.160. The predicted octanol–water partition coefficient (Wildman–Crippen LogP) is 2.59. The average molecular weight is 466 g/mol. The molecule has 2 aromatic carbocycles. The second kappa shape index (κ2) is 9.64. The van der Waals surface area contributed by atoms with Gasteiger partial charge in [-0.15, -0.1) is 0 Å². The Morgan fingerprint density at radius 1 is 1.03 bits per heavy atom. The summed E-state index contributed by atoms with van der Waals surface area (Å²) in [7, 11) is -0.708. The molecule has 2 aromatic rings. The van der Waals surface area contributed by atoms with Crippen LogP contribution >= 0.6 is 0 Å². The molecule has 1 heterocycles. The normalized spacial score (nSPS) is 14.3. The van der Waals surface area contributed by atoms with Crippen LogP contribution in [0.1, 0.15) is 17.3 Å². The van der Waals surface area contributed by atoms with Crippen LogP contribution in [0.2, 0.25) is 0 Å². The third-order valence-corrected chi connectivity index (χ3v) is 6.70. The number of carbonyl (C=O) groups excluding carboxylic acids is 1. The zero-order chi connectivity index (χ0) is 23.5. The average Bonchev–Trinajstić information content (AvgIpc) is 2.78. The van der Waals surface area contributed by atoms with Gasteiger partial charge in [-0.25, -0.2) is 12.8 Å². The molecule has 0 bridgehead atoms. The number of anilines is 2. The van der Waals surface area contributed by atoms with Gasteiger partial charge in [0.25, 0.3) is 5.91 Å². The van der Waals surface area contributed by atoms with Crippen molar-refractivity contribution in [1.82, 2.24) is 4.90 Å². The summed E-state index contributed by atoms with van der Waals surface area (Å²) in [4.78, 5) is 17.2. The first-order chi connectivity index (χ1) is 15.2. The first-order valence-electron chi connectivity index (χ1n) is 10.2. The van der Waals surface area contributed by atoms with Gasteiger partial charge in [0, 0.05) is 44.5 Å². The molecule has 1 aliphatic rings. The van der Waals surface area contributed by atoms with Crippen LogP contribution in [-0.2, 0) is 10.0 Å². The van der Waals surface area contributed by atoms with Crippen LogP contribution < -0.4 is 18.7 Å². The third-order valence-electron chi connectivity index (χ3n) is 5.45. The minimum atomic E-state index is -3.62. The Labute approximate surface area is 188 Å². The summed E-state index contributed by atoms with van der Waals surface area (Å²) in [6.07, 6.45) is 1.10. The molecule has 10 heteroatoms. The molecule has 0 N–H and O–H groups in total. The van der Waals surface area contributed by atoms with Crippen molar-refractivity contribution in [3.8, 4) is 11.5 Å². The molecule has 0 radical (unpaired) electrons. The zero-order valence-electron chi connectivity index (χ0n) is 18.7. The lowest BCUT2D eigenvalue weighted by Crippen LogP contribution is -2.49. The van der Waals surface area contributed by atoms with Crippen LogP contribution in [-0.4, -0.2) is 72.4 Å². The first-order valence-corrected chi connectivity index (χ1v) is 12.1. The zero-order valence-corrected chi connectivity index (χ0v) is 19.5. The van der Waals surface area contributed by atoms with Gasteiger partial charge in [-0.05, 0) is 37.3 Å². The molecule has 0 aromatic heterocycles. The number of piperazine rings is 1. The Morgan fingerprint density at radius 3 is 2.09 bits per heavy atom. The molecular formula is C22H28FN3O5S. The number of nitrogens with zero attached hydrogens (tertiary/aromatic N) is 3. The number of halogens is 1. The highest BCUT2D eigenvalue weighted by molar-refractivity contribution is 7.92. The Bertz CT molecular complexity index is 1070. The lowest BCUT2D eigenvalue weighted by molar-refractivity contribution is 0.0747. The molecule has 3 rings (SSSR count). The van der Waals surface area contributed by atoms with E-state index in [-0.39, 0.29) is 29.5 Å². The van der Waals surface area contributed by atoms with Crippen LogP contribution in [0.3, 0.4) is 0 Å². The standard InChI is InChI=1S/C22H28FN3O5S/c1-5-26(32(4,28)29)19-15-21(31-3)20(30-2)14-18(19)22(27)25-12-10-24(11-13-25)17-8-6-16(23)7-9-17/h6-9,14-15H,5,10-13H2,1-4H3. The predicted molar refractivity (Wildman–Crippen MR) is 122 cm³/mol. The summed E-state index contributed by atoms with van der Waals surface area (Å²) in [5.41, 5.74) is 1.36. The maximum absolute atomic E-state index is 13.5. The number of hydrogen-bond acceptors (Lipinski definition) is 6. The molecule has 8 nitrogen and oxygen atoms in total. The molecule has 0 saturated carbocycles. The molecule has 1 aliphatic heterocycles. The van der Waals surface area contributed by atoms with E-state index in [0.717, 1.165) is 11.9 Å². The van der Waals surface area contributed by atoms with Crippen LogP contribution in [0.4, 0.5) is 15.8 Å². The number of hydrogen-bond donors (Lipinski definition) is 0. The largest absolute Gasteiger partial charge is 0.493 e. The van der Waals surface area contributed by atoms with E-state index >= 15 is 0 Å². The third kappa shape index (κ3) is 4.90. The molecular weight excluding hydrogens is 437 g/mol. The topological polar surface area (TPSA) is 79.4 Å². The lowest BCUT2D eigenvalue weighted by Gasteiger charge is -2.37. The highest BCUT2D eigenvalue weighted by atomic mass is 32.2. The summed E-state index contributed by atoms with van der Waals surface area (Å²) >= 11 is 0. The number of rotatable bonds is 7. The highest BCUT2D eigenvalue weighted by Crippen LogP contribution is 2.37. The van der Waals surface area contributed by atoms with E-state index in [2.05, 4.69) is 4.90 Å². The van der Waals surface area contributed by atoms with Gasteiger partial charge >= 0.3 is 0 Å². The van der Waals surface area contributed by atoms with Crippen LogP contribution in [0, 0.1) is 5.82 Å². The van der Waals surface area contributed by atoms with E-state index in [9.17, 15) is 17.6 Å². The van der Waals surface area contributed by atoms with Crippen LogP contribution in [0.15, 0.2) is 36.4 Å². The van der Waals surface area contributed by atoms with E-state index in [1.807, 2.05) is 0 Å². The van der Waals surface area contributed by atoms with Crippen molar-refractivity contribution in [3.63, 3.8) is 0 Å². The van der Waals surface area contributed by atoms with Crippen molar-refractivity contribution in [2.75, 3.05) is 62.4 Å². The fourth-order valence-corrected chi connectivity index (χ4v) is 4.80. The van der Waals surface area contributed by atoms with Crippen LogP contribution in [0.25, 0.3) is 0 Å². The van der Waals surface area contributed by atoms with Gasteiger partial charge < -0.3 is 19.3 Å². The maximum atomic E-state index is 13.5. The number of amides is 1. The Morgan fingerprint density at radius 2 is 1.59 bits per heavy atom. The Hall–Kier alpha value is -3.01. The van der Waals surface area contributed by atoms with Crippen molar-refractivity contribution >= 4 is 27.3 Å². The van der Waals surface area contributed by atoms with Crippen molar-refractivity contribution < 1.29 is 27.1 Å². The van der Waals surface area contributed by atoms with Crippen molar-refractivity contribution in [1.29, 1.82) is 0 Å². The fraction of sp³-hybridized carbons (Fsp3) is 0.409. The molecule has 1 saturated heterocycles. The van der Waals surface area contributed by atoms with Gasteiger partial charge in [-0.1, -0.05) is 0 Å². The maximum Gasteiger partial charge on any atom is 0.256 e. The molecule has 1 fully saturated rings. The van der Waals surface area contributed by atoms with Gasteiger partial charge in [0.15, 0.2) is 11.5 Å². The number of benzene rings is 2. The molecule has 0 aliphatic carbocycles. The SMILES string of the molecule is CCN(c1cc(OC)c(OC)cc1C(=O)N1CCN(c2ccc(F)cc2)CC1)S(C)(=O)=O. The Balaban J connectivity index is 1.90. The first kappa shape index (κ1) is 23.6. The second-order valence-corrected chi connectivity index (χ2v) is 9.31. The van der Waals surface area contributed by atoms with E-state index in [4.69, 9.17) is 9.47 Å². The highest BCUT2D eigenvalue weighted by Gasteiger charge is 2.29. The fourth-order valence-electron chi connectivity index (χ4n) is 3.82. The molecule has 32 heavy (non-hydrogen) atoms.